The fourth-order valence-electron chi connectivity index (χ4n) is 3.62. The molecule has 0 saturated heterocycles. The lowest BCUT2D eigenvalue weighted by Gasteiger charge is -2.11. The van der Waals surface area contributed by atoms with Gasteiger partial charge in [-0.05, 0) is 79.2 Å². The van der Waals surface area contributed by atoms with Crippen molar-refractivity contribution in [3.05, 3.63) is 112 Å². The third kappa shape index (κ3) is 5.14. The third-order valence-electron chi connectivity index (χ3n) is 5.37. The summed E-state index contributed by atoms with van der Waals surface area (Å²) in [7, 11) is 0. The average molecular weight is 514 g/mol. The second-order valence-electron chi connectivity index (χ2n) is 7.83. The fourth-order valence-corrected chi connectivity index (χ4v) is 3.75. The summed E-state index contributed by atoms with van der Waals surface area (Å²) in [4.78, 5) is 30.4. The molecular formula is C28H20ClN3O5. The smallest absolute Gasteiger partial charge is 0.343 e. The van der Waals surface area contributed by atoms with Crippen LogP contribution in [0.5, 0.6) is 11.5 Å². The Bertz CT molecular complexity index is 1660. The minimum absolute atomic E-state index is 0.250. The number of carbonyl (C=O) groups is 1. The van der Waals surface area contributed by atoms with E-state index in [9.17, 15) is 9.59 Å². The average Bonchev–Trinajstić information content (AvgIpc) is 3.45. The Morgan fingerprint density at radius 3 is 2.62 bits per heavy atom. The zero-order valence-electron chi connectivity index (χ0n) is 19.6. The highest BCUT2D eigenvalue weighted by atomic mass is 35.5. The van der Waals surface area contributed by atoms with Crippen LogP contribution in [0.2, 0.25) is 5.02 Å². The number of aromatic nitrogens is 2. The summed E-state index contributed by atoms with van der Waals surface area (Å²) in [6, 6.07) is 21.8. The monoisotopic (exact) mass is 513 g/mol. The number of ether oxygens (including phenoxy) is 2. The second kappa shape index (κ2) is 10.5. The van der Waals surface area contributed by atoms with Crippen LogP contribution in [-0.4, -0.2) is 28.5 Å². The molecule has 0 unspecified atom stereocenters. The van der Waals surface area contributed by atoms with Gasteiger partial charge in [-0.3, -0.25) is 4.79 Å². The number of para-hydroxylation sites is 1. The molecule has 0 N–H and O–H groups in total. The molecule has 0 amide bonds. The van der Waals surface area contributed by atoms with E-state index >= 15 is 0 Å². The van der Waals surface area contributed by atoms with Crippen molar-refractivity contribution in [3.8, 4) is 23.1 Å². The van der Waals surface area contributed by atoms with Crippen molar-refractivity contribution in [1.29, 1.82) is 0 Å². The zero-order chi connectivity index (χ0) is 25.8. The first-order valence-corrected chi connectivity index (χ1v) is 11.8. The highest BCUT2D eigenvalue weighted by Gasteiger charge is 2.15. The van der Waals surface area contributed by atoms with E-state index in [2.05, 4.69) is 10.1 Å². The van der Waals surface area contributed by atoms with Crippen molar-refractivity contribution in [3.63, 3.8) is 0 Å². The lowest BCUT2D eigenvalue weighted by atomic mass is 10.2. The molecule has 184 valence electrons. The quantitative estimate of drug-likeness (QED) is 0.155. The highest BCUT2D eigenvalue weighted by Crippen LogP contribution is 2.29. The van der Waals surface area contributed by atoms with Crippen LogP contribution < -0.4 is 15.0 Å². The number of carbonyl (C=O) groups excluding carboxylic acids is 1. The Kier molecular flexibility index (Phi) is 6.83. The first-order valence-electron chi connectivity index (χ1n) is 11.4. The maximum Gasteiger partial charge on any atom is 0.343 e. The summed E-state index contributed by atoms with van der Waals surface area (Å²) in [5, 5.41) is 5.36. The van der Waals surface area contributed by atoms with Gasteiger partial charge in [-0.15, -0.1) is 0 Å². The molecule has 2 heterocycles. The van der Waals surface area contributed by atoms with Gasteiger partial charge < -0.3 is 13.9 Å². The van der Waals surface area contributed by atoms with Crippen molar-refractivity contribution in [2.45, 2.75) is 6.92 Å². The molecule has 0 bridgehead atoms. The van der Waals surface area contributed by atoms with Gasteiger partial charge in [0.2, 0.25) is 5.82 Å². The molecule has 0 aliphatic heterocycles. The standard InChI is InChI=1S/C28H20ClN3O5/c1-2-35-25-16-18(9-14-23(25)37-28(34)19-10-12-20(29)13-11-19)17-30-32-26(24-8-5-15-36-24)31-22-7-4-3-6-21(22)27(32)33/h3-17H,2H2,1H3/b30-17-. The van der Waals surface area contributed by atoms with Crippen molar-refractivity contribution >= 4 is 34.7 Å². The lowest BCUT2D eigenvalue weighted by molar-refractivity contribution is 0.0728. The Morgan fingerprint density at radius 2 is 1.86 bits per heavy atom. The van der Waals surface area contributed by atoms with Crippen LogP contribution in [0.4, 0.5) is 0 Å². The zero-order valence-corrected chi connectivity index (χ0v) is 20.4. The van der Waals surface area contributed by atoms with E-state index in [0.29, 0.717) is 45.2 Å². The molecule has 2 aromatic heterocycles. The van der Waals surface area contributed by atoms with E-state index in [0.717, 1.165) is 0 Å². The summed E-state index contributed by atoms with van der Waals surface area (Å²) in [6.45, 7) is 2.17. The minimum Gasteiger partial charge on any atom is -0.490 e. The van der Waals surface area contributed by atoms with Gasteiger partial charge in [0.25, 0.3) is 5.56 Å². The van der Waals surface area contributed by atoms with Crippen molar-refractivity contribution in [2.75, 3.05) is 6.61 Å². The van der Waals surface area contributed by atoms with E-state index in [1.54, 1.807) is 72.8 Å². The summed E-state index contributed by atoms with van der Waals surface area (Å²) in [5.41, 5.74) is 1.16. The number of hydrogen-bond donors (Lipinski definition) is 0. The van der Waals surface area contributed by atoms with E-state index in [4.69, 9.17) is 25.5 Å². The van der Waals surface area contributed by atoms with E-state index in [1.807, 2.05) is 13.0 Å². The molecule has 0 aliphatic carbocycles. The molecule has 0 fully saturated rings. The first kappa shape index (κ1) is 24.0. The van der Waals surface area contributed by atoms with Crippen LogP contribution in [0.25, 0.3) is 22.5 Å². The summed E-state index contributed by atoms with van der Waals surface area (Å²) >= 11 is 5.90. The Balaban J connectivity index is 1.49. The van der Waals surface area contributed by atoms with Crippen molar-refractivity contribution in [2.24, 2.45) is 5.10 Å². The number of halogens is 1. The fraction of sp³-hybridized carbons (Fsp3) is 0.0714. The van der Waals surface area contributed by atoms with Gasteiger partial charge in [0.15, 0.2) is 17.3 Å². The first-order chi connectivity index (χ1) is 18.0. The Hall–Kier alpha value is -4.69. The van der Waals surface area contributed by atoms with Gasteiger partial charge in [-0.2, -0.15) is 9.78 Å². The predicted molar refractivity (Wildman–Crippen MR) is 141 cm³/mol. The van der Waals surface area contributed by atoms with Crippen LogP contribution in [0, 0.1) is 0 Å². The maximum atomic E-state index is 13.2. The molecule has 8 nitrogen and oxygen atoms in total. The van der Waals surface area contributed by atoms with Gasteiger partial charge in [0, 0.05) is 5.02 Å². The van der Waals surface area contributed by atoms with Gasteiger partial charge in [-0.25, -0.2) is 9.78 Å². The highest BCUT2D eigenvalue weighted by molar-refractivity contribution is 6.30. The molecule has 9 heteroatoms. The molecular weight excluding hydrogens is 494 g/mol. The molecule has 37 heavy (non-hydrogen) atoms. The molecule has 0 saturated carbocycles. The van der Waals surface area contributed by atoms with Gasteiger partial charge in [0.05, 0.1) is 35.6 Å². The van der Waals surface area contributed by atoms with Crippen LogP contribution in [0.1, 0.15) is 22.8 Å². The molecule has 5 aromatic rings. The predicted octanol–water partition coefficient (Wildman–Crippen LogP) is 5.81. The van der Waals surface area contributed by atoms with Gasteiger partial charge >= 0.3 is 5.97 Å². The number of fused-ring (bicyclic) bond motifs is 1. The summed E-state index contributed by atoms with van der Waals surface area (Å²) in [6.07, 6.45) is 3.00. The van der Waals surface area contributed by atoms with Gasteiger partial charge in [-0.1, -0.05) is 23.7 Å². The van der Waals surface area contributed by atoms with E-state index < -0.39 is 5.97 Å². The van der Waals surface area contributed by atoms with Crippen LogP contribution in [0.3, 0.4) is 0 Å². The SMILES string of the molecule is CCOc1cc(/C=N\n2c(-c3ccco3)nc3ccccc3c2=O)ccc1OC(=O)c1ccc(Cl)cc1. The molecule has 3 aromatic carbocycles. The van der Waals surface area contributed by atoms with Crippen LogP contribution >= 0.6 is 11.6 Å². The van der Waals surface area contributed by atoms with E-state index in [-0.39, 0.29) is 17.1 Å². The second-order valence-corrected chi connectivity index (χ2v) is 8.26. The van der Waals surface area contributed by atoms with E-state index in [1.165, 1.54) is 17.2 Å². The number of hydrogen-bond acceptors (Lipinski definition) is 7. The topological polar surface area (TPSA) is 95.9 Å². The number of esters is 1. The van der Waals surface area contributed by atoms with Gasteiger partial charge in [0.1, 0.15) is 0 Å². The number of rotatable bonds is 7. The third-order valence-corrected chi connectivity index (χ3v) is 5.62. The lowest BCUT2D eigenvalue weighted by Crippen LogP contribution is -2.20. The number of benzene rings is 3. The van der Waals surface area contributed by atoms with Crippen molar-refractivity contribution in [1.82, 2.24) is 9.66 Å². The maximum absolute atomic E-state index is 13.2. The summed E-state index contributed by atoms with van der Waals surface area (Å²) in [5.74, 6) is 0.725. The van der Waals surface area contributed by atoms with Crippen molar-refractivity contribution < 1.29 is 18.7 Å². The number of nitrogens with zero attached hydrogens (tertiary/aromatic N) is 3. The van der Waals surface area contributed by atoms with Crippen LogP contribution in [0.15, 0.2) is 99.4 Å². The normalized spacial score (nSPS) is 11.2. The molecule has 0 spiro atoms. The molecule has 0 aliphatic rings. The molecule has 0 atom stereocenters. The Morgan fingerprint density at radius 1 is 1.05 bits per heavy atom. The largest absolute Gasteiger partial charge is 0.490 e. The minimum atomic E-state index is -0.545. The number of furan rings is 1. The summed E-state index contributed by atoms with van der Waals surface area (Å²) < 4.78 is 17.9. The van der Waals surface area contributed by atoms with Crippen LogP contribution in [-0.2, 0) is 0 Å². The Labute approximate surface area is 216 Å². The molecule has 5 rings (SSSR count). The molecule has 0 radical (unpaired) electrons.